The zero-order chi connectivity index (χ0) is 16.4. The standard InChI is InChI=1S/C13H17Cl2N3O3/c1-7(12(19)17-13(2,3)4)16-10-5-8(14)9(15)6-11(10)18(20)21/h5-7,16H,1-4H3,(H,17,19). The van der Waals surface area contributed by atoms with E-state index in [4.69, 9.17) is 23.2 Å². The van der Waals surface area contributed by atoms with Gasteiger partial charge in [-0.05, 0) is 33.8 Å². The second-order valence-electron chi connectivity index (χ2n) is 5.65. The maximum absolute atomic E-state index is 12.0. The topological polar surface area (TPSA) is 84.3 Å². The number of carbonyl (C=O) groups is 1. The number of nitrogens with one attached hydrogen (secondary N) is 2. The first-order valence-electron chi connectivity index (χ1n) is 6.23. The van der Waals surface area contributed by atoms with Crippen LogP contribution in [0.1, 0.15) is 27.7 Å². The molecule has 1 amide bonds. The Morgan fingerprint density at radius 1 is 1.29 bits per heavy atom. The number of anilines is 1. The van der Waals surface area contributed by atoms with E-state index in [1.54, 1.807) is 6.92 Å². The molecule has 1 rings (SSSR count). The summed E-state index contributed by atoms with van der Waals surface area (Å²) in [6.07, 6.45) is 0. The third-order valence-corrected chi connectivity index (χ3v) is 3.22. The van der Waals surface area contributed by atoms with Crippen LogP contribution in [0.15, 0.2) is 12.1 Å². The third kappa shape index (κ3) is 5.06. The lowest BCUT2D eigenvalue weighted by Gasteiger charge is -2.24. The molecule has 0 aliphatic rings. The van der Waals surface area contributed by atoms with Crippen LogP contribution in [0.4, 0.5) is 11.4 Å². The maximum atomic E-state index is 12.0. The lowest BCUT2D eigenvalue weighted by molar-refractivity contribution is -0.384. The van der Waals surface area contributed by atoms with Gasteiger partial charge in [0.2, 0.25) is 5.91 Å². The minimum absolute atomic E-state index is 0.0840. The Morgan fingerprint density at radius 2 is 1.81 bits per heavy atom. The Morgan fingerprint density at radius 3 is 2.29 bits per heavy atom. The van der Waals surface area contributed by atoms with E-state index < -0.39 is 16.5 Å². The SMILES string of the molecule is CC(Nc1cc(Cl)c(Cl)cc1[N+](=O)[O-])C(=O)NC(C)(C)C. The van der Waals surface area contributed by atoms with Gasteiger partial charge in [0.05, 0.1) is 15.0 Å². The number of benzene rings is 1. The highest BCUT2D eigenvalue weighted by Crippen LogP contribution is 2.34. The van der Waals surface area contributed by atoms with Gasteiger partial charge < -0.3 is 10.6 Å². The van der Waals surface area contributed by atoms with Crippen molar-refractivity contribution in [2.24, 2.45) is 0 Å². The van der Waals surface area contributed by atoms with Crippen LogP contribution in [0.2, 0.25) is 10.0 Å². The predicted octanol–water partition coefficient (Wildman–Crippen LogP) is 3.62. The van der Waals surface area contributed by atoms with Gasteiger partial charge in [0, 0.05) is 11.6 Å². The van der Waals surface area contributed by atoms with E-state index in [0.717, 1.165) is 6.07 Å². The van der Waals surface area contributed by atoms with Crippen LogP contribution in [-0.2, 0) is 4.79 Å². The molecule has 0 spiro atoms. The Labute approximate surface area is 133 Å². The highest BCUT2D eigenvalue weighted by molar-refractivity contribution is 6.42. The monoisotopic (exact) mass is 333 g/mol. The molecule has 1 aromatic carbocycles. The Bertz CT molecular complexity index is 571. The molecule has 0 aliphatic heterocycles. The predicted molar refractivity (Wildman–Crippen MR) is 84.1 cm³/mol. The third-order valence-electron chi connectivity index (χ3n) is 2.50. The summed E-state index contributed by atoms with van der Waals surface area (Å²) in [4.78, 5) is 22.4. The van der Waals surface area contributed by atoms with Crippen molar-refractivity contribution in [3.63, 3.8) is 0 Å². The molecule has 1 aromatic rings. The average molecular weight is 334 g/mol. The number of carbonyl (C=O) groups excluding carboxylic acids is 1. The fourth-order valence-corrected chi connectivity index (χ4v) is 1.90. The molecule has 0 bridgehead atoms. The highest BCUT2D eigenvalue weighted by atomic mass is 35.5. The molecule has 6 nitrogen and oxygen atoms in total. The minimum Gasteiger partial charge on any atom is -0.368 e. The molecular formula is C13H17Cl2N3O3. The molecule has 116 valence electrons. The summed E-state index contributed by atoms with van der Waals surface area (Å²) in [6, 6.07) is 1.82. The second kappa shape index (κ2) is 6.49. The highest BCUT2D eigenvalue weighted by Gasteiger charge is 2.23. The van der Waals surface area contributed by atoms with Gasteiger partial charge in [-0.1, -0.05) is 23.2 Å². The second-order valence-corrected chi connectivity index (χ2v) is 6.46. The molecule has 0 heterocycles. The van der Waals surface area contributed by atoms with E-state index in [9.17, 15) is 14.9 Å². The molecule has 1 atom stereocenters. The molecule has 0 aliphatic carbocycles. The first kappa shape index (κ1) is 17.5. The number of nitro groups is 1. The van der Waals surface area contributed by atoms with E-state index in [0.29, 0.717) is 0 Å². The molecule has 21 heavy (non-hydrogen) atoms. The summed E-state index contributed by atoms with van der Waals surface area (Å²) in [6.45, 7) is 7.14. The van der Waals surface area contributed by atoms with E-state index in [1.165, 1.54) is 6.07 Å². The first-order chi connectivity index (χ1) is 9.51. The molecule has 0 saturated carbocycles. The number of nitro benzene ring substituents is 1. The summed E-state index contributed by atoms with van der Waals surface area (Å²) in [5.41, 5.74) is -0.484. The van der Waals surface area contributed by atoms with E-state index >= 15 is 0 Å². The summed E-state index contributed by atoms with van der Waals surface area (Å²) in [5, 5.41) is 16.9. The Hall–Kier alpha value is -1.53. The molecule has 0 fully saturated rings. The van der Waals surface area contributed by atoms with Gasteiger partial charge in [-0.2, -0.15) is 0 Å². The van der Waals surface area contributed by atoms with Crippen LogP contribution in [0, 0.1) is 10.1 Å². The molecule has 8 heteroatoms. The van der Waals surface area contributed by atoms with Gasteiger partial charge >= 0.3 is 0 Å². The number of halogens is 2. The van der Waals surface area contributed by atoms with Gasteiger partial charge in [0.1, 0.15) is 11.7 Å². The number of nitrogens with zero attached hydrogens (tertiary/aromatic N) is 1. The molecule has 1 unspecified atom stereocenters. The van der Waals surface area contributed by atoms with Crippen molar-refractivity contribution < 1.29 is 9.72 Å². The largest absolute Gasteiger partial charge is 0.368 e. The summed E-state index contributed by atoms with van der Waals surface area (Å²) in [5.74, 6) is -0.275. The van der Waals surface area contributed by atoms with Crippen LogP contribution < -0.4 is 10.6 Å². The fraction of sp³-hybridized carbons (Fsp3) is 0.462. The number of rotatable bonds is 4. The quantitative estimate of drug-likeness (QED) is 0.651. The van der Waals surface area contributed by atoms with Crippen LogP contribution in [0.25, 0.3) is 0 Å². The zero-order valence-corrected chi connectivity index (χ0v) is 13.7. The normalized spacial score (nSPS) is 12.7. The zero-order valence-electron chi connectivity index (χ0n) is 12.2. The van der Waals surface area contributed by atoms with Crippen LogP contribution in [-0.4, -0.2) is 22.4 Å². The molecule has 0 radical (unpaired) electrons. The first-order valence-corrected chi connectivity index (χ1v) is 6.99. The summed E-state index contributed by atoms with van der Waals surface area (Å²) in [7, 11) is 0. The van der Waals surface area contributed by atoms with Gasteiger partial charge in [0.15, 0.2) is 0 Å². The van der Waals surface area contributed by atoms with Crippen molar-refractivity contribution in [2.45, 2.75) is 39.3 Å². The van der Waals surface area contributed by atoms with Crippen molar-refractivity contribution in [2.75, 3.05) is 5.32 Å². The molecule has 2 N–H and O–H groups in total. The van der Waals surface area contributed by atoms with Crippen LogP contribution in [0.5, 0.6) is 0 Å². The van der Waals surface area contributed by atoms with Crippen molar-refractivity contribution in [3.8, 4) is 0 Å². The molecule has 0 saturated heterocycles. The summed E-state index contributed by atoms with van der Waals surface area (Å²) < 4.78 is 0. The lowest BCUT2D eigenvalue weighted by atomic mass is 10.1. The smallest absolute Gasteiger partial charge is 0.293 e. The Balaban J connectivity index is 2.99. The lowest BCUT2D eigenvalue weighted by Crippen LogP contribution is -2.47. The van der Waals surface area contributed by atoms with Crippen LogP contribution >= 0.6 is 23.2 Å². The van der Waals surface area contributed by atoms with Crippen molar-refractivity contribution in [1.29, 1.82) is 0 Å². The number of amides is 1. The van der Waals surface area contributed by atoms with Crippen LogP contribution in [0.3, 0.4) is 0 Å². The van der Waals surface area contributed by atoms with Gasteiger partial charge in [0.25, 0.3) is 5.69 Å². The minimum atomic E-state index is -0.667. The average Bonchev–Trinajstić information content (AvgIpc) is 2.30. The van der Waals surface area contributed by atoms with Gasteiger partial charge in [-0.15, -0.1) is 0 Å². The maximum Gasteiger partial charge on any atom is 0.293 e. The Kier molecular flexibility index (Phi) is 5.42. The van der Waals surface area contributed by atoms with Crippen molar-refractivity contribution in [3.05, 3.63) is 32.3 Å². The molecular weight excluding hydrogens is 317 g/mol. The number of hydrogen-bond donors (Lipinski definition) is 2. The molecule has 0 aromatic heterocycles. The van der Waals surface area contributed by atoms with Gasteiger partial charge in [-0.25, -0.2) is 0 Å². The van der Waals surface area contributed by atoms with Crippen molar-refractivity contribution in [1.82, 2.24) is 5.32 Å². The number of hydrogen-bond acceptors (Lipinski definition) is 4. The fourth-order valence-electron chi connectivity index (χ4n) is 1.58. The van der Waals surface area contributed by atoms with E-state index in [2.05, 4.69) is 10.6 Å². The van der Waals surface area contributed by atoms with E-state index in [1.807, 2.05) is 20.8 Å². The van der Waals surface area contributed by atoms with Gasteiger partial charge in [-0.3, -0.25) is 14.9 Å². The van der Waals surface area contributed by atoms with E-state index in [-0.39, 0.29) is 27.3 Å². The summed E-state index contributed by atoms with van der Waals surface area (Å²) >= 11 is 11.6. The van der Waals surface area contributed by atoms with Crippen molar-refractivity contribution >= 4 is 40.5 Å².